The Balaban J connectivity index is 1.19. The number of benzene rings is 4. The van der Waals surface area contributed by atoms with Crippen LogP contribution in [0.15, 0.2) is 103 Å². The molecule has 7 heteroatoms. The molecule has 2 heterocycles. The van der Waals surface area contributed by atoms with Crippen LogP contribution in [0.5, 0.6) is 5.88 Å². The van der Waals surface area contributed by atoms with Crippen LogP contribution in [0.4, 0.5) is 11.4 Å². The predicted octanol–water partition coefficient (Wildman–Crippen LogP) is 9.04. The minimum atomic E-state index is -1.03. The lowest BCUT2D eigenvalue weighted by molar-refractivity contribution is -0.137. The number of carboxylic acids is 1. The molecule has 2 aliphatic rings. The maximum absolute atomic E-state index is 11.2. The highest BCUT2D eigenvalue weighted by atomic mass is 32.1. The largest absolute Gasteiger partial charge is 0.494 e. The number of rotatable bonds is 8. The summed E-state index contributed by atoms with van der Waals surface area (Å²) in [5.74, 6) is -0.599. The van der Waals surface area contributed by atoms with E-state index in [1.54, 1.807) is 0 Å². The molecule has 4 aromatic carbocycles. The van der Waals surface area contributed by atoms with Gasteiger partial charge in [0.2, 0.25) is 5.88 Å². The molecule has 44 heavy (non-hydrogen) atoms. The van der Waals surface area contributed by atoms with Gasteiger partial charge in [-0.05, 0) is 82.7 Å². The van der Waals surface area contributed by atoms with Gasteiger partial charge in [-0.25, -0.2) is 0 Å². The van der Waals surface area contributed by atoms with E-state index in [9.17, 15) is 15.0 Å². The number of hydrogen-bond donors (Lipinski definition) is 2. The molecule has 2 N–H and O–H groups in total. The zero-order valence-corrected chi connectivity index (χ0v) is 25.7. The third-order valence-electron chi connectivity index (χ3n) is 8.81. The van der Waals surface area contributed by atoms with Gasteiger partial charge in [0.25, 0.3) is 0 Å². The smallest absolute Gasteiger partial charge is 0.323 e. The van der Waals surface area contributed by atoms with Crippen LogP contribution in [0.3, 0.4) is 0 Å². The molecule has 1 aliphatic carbocycles. The predicted molar refractivity (Wildman–Crippen MR) is 181 cm³/mol. The van der Waals surface area contributed by atoms with Crippen molar-refractivity contribution in [3.05, 3.63) is 140 Å². The molecule has 0 radical (unpaired) electrons. The fourth-order valence-electron chi connectivity index (χ4n) is 6.84. The van der Waals surface area contributed by atoms with Crippen LogP contribution < -0.4 is 4.90 Å². The molecule has 0 saturated heterocycles. The highest BCUT2D eigenvalue weighted by Gasteiger charge is 2.42. The van der Waals surface area contributed by atoms with Gasteiger partial charge in [0.05, 0.1) is 4.88 Å². The van der Waals surface area contributed by atoms with Crippen molar-refractivity contribution in [2.45, 2.75) is 44.2 Å². The van der Waals surface area contributed by atoms with Crippen LogP contribution >= 0.6 is 23.6 Å². The fourth-order valence-corrected chi connectivity index (χ4v) is 8.20. The Bertz CT molecular complexity index is 1870. The van der Waals surface area contributed by atoms with Crippen LogP contribution in [-0.2, 0) is 17.8 Å². The number of anilines is 2. The van der Waals surface area contributed by atoms with Gasteiger partial charge in [0, 0.05) is 29.8 Å². The zero-order valence-electron chi connectivity index (χ0n) is 24.1. The third-order valence-corrected chi connectivity index (χ3v) is 10.2. The summed E-state index contributed by atoms with van der Waals surface area (Å²) in [5.41, 5.74) is 9.65. The quantitative estimate of drug-likeness (QED) is 0.135. The molecule has 1 aromatic heterocycles. The Morgan fingerprint density at radius 2 is 1.59 bits per heavy atom. The standard InChI is InChI=1S/C37H32N2O3S2/c40-35(41)23-38-36(42)34(44-37(38)43)22-25-16-19-33-31(21-25)29-12-7-13-32(29)39(33)28-17-14-24(15-18-28)20-30(26-8-3-1-4-9-26)27-10-5-2-6-11-27/h1-6,8-11,14-21,29,32,42H,7,12-13,22-23H2,(H,40,41). The van der Waals surface area contributed by atoms with E-state index in [0.717, 1.165) is 24.0 Å². The molecular weight excluding hydrogens is 585 g/mol. The Kier molecular flexibility index (Phi) is 7.66. The number of fused-ring (bicyclic) bond motifs is 3. The summed E-state index contributed by atoms with van der Waals surface area (Å²) >= 11 is 6.61. The number of aromatic hydroxyl groups is 1. The lowest BCUT2D eigenvalue weighted by Crippen LogP contribution is -2.26. The monoisotopic (exact) mass is 616 g/mol. The van der Waals surface area contributed by atoms with Crippen molar-refractivity contribution in [3.63, 3.8) is 0 Å². The highest BCUT2D eigenvalue weighted by Crippen LogP contribution is 2.52. The van der Waals surface area contributed by atoms with Gasteiger partial charge in [-0.3, -0.25) is 9.36 Å². The van der Waals surface area contributed by atoms with Gasteiger partial charge in [-0.2, -0.15) is 0 Å². The molecule has 5 nitrogen and oxygen atoms in total. The SMILES string of the molecule is O=C(O)Cn1c(O)c(Cc2ccc3c(c2)C2CCCC2N3c2ccc(C=C(c3ccccc3)c3ccccc3)cc2)sc1=S. The number of thiazole rings is 1. The van der Waals surface area contributed by atoms with Crippen LogP contribution in [0.2, 0.25) is 0 Å². The van der Waals surface area contributed by atoms with E-state index in [0.29, 0.717) is 27.2 Å². The molecular formula is C37H32N2O3S2. The summed E-state index contributed by atoms with van der Waals surface area (Å²) in [7, 11) is 0. The summed E-state index contributed by atoms with van der Waals surface area (Å²) < 4.78 is 1.67. The minimum absolute atomic E-state index is 0.0416. The first kappa shape index (κ1) is 28.3. The summed E-state index contributed by atoms with van der Waals surface area (Å²) in [5, 5.41) is 19.9. The maximum Gasteiger partial charge on any atom is 0.323 e. The molecule has 5 aromatic rings. The van der Waals surface area contributed by atoms with E-state index >= 15 is 0 Å². The summed E-state index contributed by atoms with van der Waals surface area (Å²) in [6, 6.07) is 37.0. The van der Waals surface area contributed by atoms with Gasteiger partial charge in [0.1, 0.15) is 6.54 Å². The van der Waals surface area contributed by atoms with Crippen molar-refractivity contribution in [1.29, 1.82) is 0 Å². The van der Waals surface area contributed by atoms with Crippen LogP contribution in [-0.4, -0.2) is 26.8 Å². The normalized spacial score (nSPS) is 16.9. The lowest BCUT2D eigenvalue weighted by atomic mass is 9.95. The van der Waals surface area contributed by atoms with Crippen LogP contribution in [0, 0.1) is 3.95 Å². The van der Waals surface area contributed by atoms with E-state index in [2.05, 4.69) is 102 Å². The molecule has 2 unspecified atom stereocenters. The molecule has 1 saturated carbocycles. The van der Waals surface area contributed by atoms with Gasteiger partial charge in [0.15, 0.2) is 3.95 Å². The Labute approximate surface area is 266 Å². The molecule has 1 fully saturated rings. The topological polar surface area (TPSA) is 65.7 Å². The molecule has 7 rings (SSSR count). The molecule has 2 atom stereocenters. The summed E-state index contributed by atoms with van der Waals surface area (Å²) in [6.07, 6.45) is 6.31. The van der Waals surface area contributed by atoms with Gasteiger partial charge < -0.3 is 15.1 Å². The van der Waals surface area contributed by atoms with Crippen LogP contribution in [0.1, 0.15) is 57.9 Å². The van der Waals surface area contributed by atoms with E-state index in [1.807, 2.05) is 12.1 Å². The Morgan fingerprint density at radius 1 is 0.909 bits per heavy atom. The zero-order chi connectivity index (χ0) is 30.2. The first-order valence-corrected chi connectivity index (χ1v) is 16.2. The van der Waals surface area contributed by atoms with Crippen molar-refractivity contribution < 1.29 is 15.0 Å². The molecule has 0 spiro atoms. The van der Waals surface area contributed by atoms with E-state index in [1.165, 1.54) is 56.0 Å². The van der Waals surface area contributed by atoms with E-state index in [-0.39, 0.29) is 12.4 Å². The van der Waals surface area contributed by atoms with Crippen molar-refractivity contribution >= 4 is 52.5 Å². The lowest BCUT2D eigenvalue weighted by Gasteiger charge is -2.27. The first-order chi connectivity index (χ1) is 21.5. The maximum atomic E-state index is 11.2. The van der Waals surface area contributed by atoms with Gasteiger partial charge in [-0.1, -0.05) is 91.3 Å². The average molecular weight is 617 g/mol. The van der Waals surface area contributed by atoms with Crippen LogP contribution in [0.25, 0.3) is 11.6 Å². The second-order valence-corrected chi connectivity index (χ2v) is 13.2. The fraction of sp³-hybridized carbons (Fsp3) is 0.189. The number of hydrogen-bond acceptors (Lipinski definition) is 5. The number of aromatic nitrogens is 1. The Morgan fingerprint density at radius 3 is 2.25 bits per heavy atom. The third kappa shape index (κ3) is 5.38. The molecule has 0 amide bonds. The second-order valence-electron chi connectivity index (χ2n) is 11.5. The minimum Gasteiger partial charge on any atom is -0.494 e. The van der Waals surface area contributed by atoms with Crippen molar-refractivity contribution in [2.24, 2.45) is 0 Å². The molecule has 1 aliphatic heterocycles. The average Bonchev–Trinajstić information content (AvgIpc) is 3.71. The molecule has 0 bridgehead atoms. The van der Waals surface area contributed by atoms with Crippen molar-refractivity contribution in [1.82, 2.24) is 4.57 Å². The molecule has 220 valence electrons. The van der Waals surface area contributed by atoms with Gasteiger partial charge >= 0.3 is 5.97 Å². The summed E-state index contributed by atoms with van der Waals surface area (Å²) in [4.78, 5) is 14.4. The first-order valence-electron chi connectivity index (χ1n) is 14.9. The Hall–Kier alpha value is -4.46. The highest BCUT2D eigenvalue weighted by molar-refractivity contribution is 7.73. The van der Waals surface area contributed by atoms with E-state index < -0.39 is 5.97 Å². The number of aliphatic carboxylic acids is 1. The van der Waals surface area contributed by atoms with Gasteiger partial charge in [-0.15, -0.1) is 11.3 Å². The summed E-state index contributed by atoms with van der Waals surface area (Å²) in [6.45, 7) is -0.335. The second kappa shape index (κ2) is 11.9. The van der Waals surface area contributed by atoms with Crippen molar-refractivity contribution in [3.8, 4) is 5.88 Å². The van der Waals surface area contributed by atoms with E-state index in [4.69, 9.17) is 12.2 Å². The number of nitrogens with zero attached hydrogens (tertiary/aromatic N) is 2. The van der Waals surface area contributed by atoms with Crippen molar-refractivity contribution in [2.75, 3.05) is 4.90 Å². The number of carboxylic acid groups (broad SMARTS) is 1. The number of carbonyl (C=O) groups is 1.